The van der Waals surface area contributed by atoms with Crippen molar-refractivity contribution < 1.29 is 4.79 Å². The quantitative estimate of drug-likeness (QED) is 0.770. The summed E-state index contributed by atoms with van der Waals surface area (Å²) in [5.74, 6) is 2.16. The van der Waals surface area contributed by atoms with Crippen LogP contribution in [-0.2, 0) is 4.79 Å². The molecule has 0 radical (unpaired) electrons. The SMILES string of the molecule is NC(=S)CCNC(=O)C1CCC2CCCCC2C1. The first-order valence-electron chi connectivity index (χ1n) is 7.23. The first-order valence-corrected chi connectivity index (χ1v) is 7.63. The minimum atomic E-state index is 0.218. The van der Waals surface area contributed by atoms with Crippen LogP contribution in [0.25, 0.3) is 0 Å². The van der Waals surface area contributed by atoms with Gasteiger partial charge in [0.15, 0.2) is 0 Å². The highest BCUT2D eigenvalue weighted by Gasteiger charge is 2.34. The average molecular weight is 268 g/mol. The molecule has 102 valence electrons. The second-order valence-electron chi connectivity index (χ2n) is 5.82. The molecule has 0 saturated heterocycles. The Morgan fingerprint density at radius 3 is 2.61 bits per heavy atom. The third kappa shape index (κ3) is 3.67. The van der Waals surface area contributed by atoms with Crippen molar-refractivity contribution in [1.29, 1.82) is 0 Å². The van der Waals surface area contributed by atoms with Crippen molar-refractivity contribution >= 4 is 23.1 Å². The number of nitrogens with one attached hydrogen (secondary N) is 1. The minimum Gasteiger partial charge on any atom is -0.393 e. The molecule has 0 aliphatic heterocycles. The lowest BCUT2D eigenvalue weighted by molar-refractivity contribution is -0.127. The fourth-order valence-electron chi connectivity index (χ4n) is 3.56. The Balaban J connectivity index is 1.75. The smallest absolute Gasteiger partial charge is 0.223 e. The molecule has 0 aromatic heterocycles. The molecule has 4 heteroatoms. The molecule has 3 atom stereocenters. The van der Waals surface area contributed by atoms with Gasteiger partial charge in [-0.2, -0.15) is 0 Å². The molecule has 0 aromatic carbocycles. The van der Waals surface area contributed by atoms with E-state index in [1.54, 1.807) is 0 Å². The molecule has 18 heavy (non-hydrogen) atoms. The Kier molecular flexibility index (Phi) is 4.98. The number of thiocarbonyl (C=S) groups is 1. The van der Waals surface area contributed by atoms with Gasteiger partial charge in [0, 0.05) is 18.9 Å². The summed E-state index contributed by atoms with van der Waals surface area (Å²) < 4.78 is 0. The van der Waals surface area contributed by atoms with Gasteiger partial charge in [-0.05, 0) is 31.1 Å². The predicted molar refractivity (Wildman–Crippen MR) is 77.2 cm³/mol. The van der Waals surface area contributed by atoms with Gasteiger partial charge in [-0.25, -0.2) is 0 Å². The Labute approximate surface area is 115 Å². The van der Waals surface area contributed by atoms with Crippen LogP contribution >= 0.6 is 12.2 Å². The van der Waals surface area contributed by atoms with E-state index in [0.29, 0.717) is 18.0 Å². The van der Waals surface area contributed by atoms with Crippen molar-refractivity contribution in [2.45, 2.75) is 51.4 Å². The van der Waals surface area contributed by atoms with E-state index in [-0.39, 0.29) is 11.8 Å². The maximum atomic E-state index is 12.1. The zero-order chi connectivity index (χ0) is 13.0. The first kappa shape index (κ1) is 13.8. The summed E-state index contributed by atoms with van der Waals surface area (Å²) in [5, 5.41) is 2.97. The Morgan fingerprint density at radius 1 is 1.17 bits per heavy atom. The fourth-order valence-corrected chi connectivity index (χ4v) is 3.67. The summed E-state index contributed by atoms with van der Waals surface area (Å²) >= 11 is 4.81. The van der Waals surface area contributed by atoms with Crippen molar-refractivity contribution in [1.82, 2.24) is 5.32 Å². The summed E-state index contributed by atoms with van der Waals surface area (Å²) in [6, 6.07) is 0. The molecule has 3 unspecified atom stereocenters. The van der Waals surface area contributed by atoms with Crippen molar-refractivity contribution in [2.24, 2.45) is 23.5 Å². The molecule has 1 amide bonds. The molecule has 0 bridgehead atoms. The summed E-state index contributed by atoms with van der Waals surface area (Å²) in [5.41, 5.74) is 5.42. The van der Waals surface area contributed by atoms with Gasteiger partial charge < -0.3 is 11.1 Å². The molecule has 0 spiro atoms. The van der Waals surface area contributed by atoms with E-state index in [1.807, 2.05) is 0 Å². The lowest BCUT2D eigenvalue weighted by Crippen LogP contribution is -2.38. The van der Waals surface area contributed by atoms with Gasteiger partial charge in [0.2, 0.25) is 5.91 Å². The van der Waals surface area contributed by atoms with E-state index in [9.17, 15) is 4.79 Å². The molecule has 2 saturated carbocycles. The van der Waals surface area contributed by atoms with E-state index >= 15 is 0 Å². The first-order chi connectivity index (χ1) is 8.66. The van der Waals surface area contributed by atoms with Crippen LogP contribution in [0.2, 0.25) is 0 Å². The normalized spacial score (nSPS) is 31.4. The number of carbonyl (C=O) groups is 1. The van der Waals surface area contributed by atoms with E-state index in [4.69, 9.17) is 18.0 Å². The Hall–Kier alpha value is -0.640. The highest BCUT2D eigenvalue weighted by molar-refractivity contribution is 7.80. The lowest BCUT2D eigenvalue weighted by Gasteiger charge is -2.38. The summed E-state index contributed by atoms with van der Waals surface area (Å²) in [6.07, 6.45) is 9.51. The van der Waals surface area contributed by atoms with Crippen LogP contribution in [0.15, 0.2) is 0 Å². The van der Waals surface area contributed by atoms with Crippen molar-refractivity contribution in [2.75, 3.05) is 6.54 Å². The second-order valence-corrected chi connectivity index (χ2v) is 6.35. The third-order valence-corrected chi connectivity index (χ3v) is 4.79. The van der Waals surface area contributed by atoms with Crippen molar-refractivity contribution in [3.05, 3.63) is 0 Å². The number of rotatable bonds is 4. The molecule has 3 nitrogen and oxygen atoms in total. The Bertz CT molecular complexity index is 319. The molecule has 2 fully saturated rings. The van der Waals surface area contributed by atoms with Crippen LogP contribution in [0.4, 0.5) is 0 Å². The standard InChI is InChI=1S/C14H24N2OS/c15-13(18)7-8-16-14(17)12-6-5-10-3-1-2-4-11(10)9-12/h10-12H,1-9H2,(H2,15,18)(H,16,17). The minimum absolute atomic E-state index is 0.218. The third-order valence-electron chi connectivity index (χ3n) is 4.58. The number of hydrogen-bond acceptors (Lipinski definition) is 2. The number of amides is 1. The second kappa shape index (κ2) is 6.50. The maximum absolute atomic E-state index is 12.1. The highest BCUT2D eigenvalue weighted by atomic mass is 32.1. The van der Waals surface area contributed by atoms with Gasteiger partial charge in [0.05, 0.1) is 4.99 Å². The summed E-state index contributed by atoms with van der Waals surface area (Å²) in [4.78, 5) is 12.5. The van der Waals surface area contributed by atoms with Crippen molar-refractivity contribution in [3.63, 3.8) is 0 Å². The number of nitrogens with two attached hydrogens (primary N) is 1. The lowest BCUT2D eigenvalue weighted by atomic mass is 9.67. The zero-order valence-electron chi connectivity index (χ0n) is 11.0. The van der Waals surface area contributed by atoms with Crippen LogP contribution in [0.3, 0.4) is 0 Å². The van der Waals surface area contributed by atoms with E-state index < -0.39 is 0 Å². The molecule has 3 N–H and O–H groups in total. The zero-order valence-corrected chi connectivity index (χ0v) is 11.8. The summed E-state index contributed by atoms with van der Waals surface area (Å²) in [6.45, 7) is 0.596. The molecule has 0 heterocycles. The van der Waals surface area contributed by atoms with Crippen LogP contribution in [0.5, 0.6) is 0 Å². The number of hydrogen-bond donors (Lipinski definition) is 2. The largest absolute Gasteiger partial charge is 0.393 e. The predicted octanol–water partition coefficient (Wildman–Crippen LogP) is 2.39. The van der Waals surface area contributed by atoms with Crippen molar-refractivity contribution in [3.8, 4) is 0 Å². The maximum Gasteiger partial charge on any atom is 0.223 e. The van der Waals surface area contributed by atoms with Crippen LogP contribution in [-0.4, -0.2) is 17.4 Å². The average Bonchev–Trinajstić information content (AvgIpc) is 2.37. The van der Waals surface area contributed by atoms with Gasteiger partial charge in [-0.15, -0.1) is 0 Å². The molecule has 2 aliphatic carbocycles. The molecular weight excluding hydrogens is 244 g/mol. The molecule has 2 aliphatic rings. The van der Waals surface area contributed by atoms with Gasteiger partial charge >= 0.3 is 0 Å². The van der Waals surface area contributed by atoms with E-state index in [2.05, 4.69) is 5.32 Å². The number of fused-ring (bicyclic) bond motifs is 1. The number of carbonyl (C=O) groups excluding carboxylic acids is 1. The van der Waals surface area contributed by atoms with Crippen LogP contribution in [0, 0.1) is 17.8 Å². The van der Waals surface area contributed by atoms with Gasteiger partial charge in [0.1, 0.15) is 0 Å². The topological polar surface area (TPSA) is 55.1 Å². The van der Waals surface area contributed by atoms with E-state index in [0.717, 1.165) is 24.7 Å². The van der Waals surface area contributed by atoms with E-state index in [1.165, 1.54) is 32.1 Å². The fraction of sp³-hybridized carbons (Fsp3) is 0.857. The Morgan fingerprint density at radius 2 is 1.89 bits per heavy atom. The molecule has 2 rings (SSSR count). The summed E-state index contributed by atoms with van der Waals surface area (Å²) in [7, 11) is 0. The molecule has 0 aromatic rings. The van der Waals surface area contributed by atoms with Gasteiger partial charge in [-0.1, -0.05) is 37.9 Å². The van der Waals surface area contributed by atoms with Crippen LogP contribution in [0.1, 0.15) is 51.4 Å². The highest BCUT2D eigenvalue weighted by Crippen LogP contribution is 2.42. The van der Waals surface area contributed by atoms with Crippen LogP contribution < -0.4 is 11.1 Å². The van der Waals surface area contributed by atoms with Gasteiger partial charge in [-0.3, -0.25) is 4.79 Å². The molecular formula is C14H24N2OS. The van der Waals surface area contributed by atoms with Gasteiger partial charge in [0.25, 0.3) is 0 Å². The monoisotopic (exact) mass is 268 g/mol.